The van der Waals surface area contributed by atoms with Gasteiger partial charge < -0.3 is 9.64 Å². The van der Waals surface area contributed by atoms with Crippen molar-refractivity contribution >= 4 is 27.5 Å². The summed E-state index contributed by atoms with van der Waals surface area (Å²) in [6.07, 6.45) is 5.02. The molecule has 18 heavy (non-hydrogen) atoms. The van der Waals surface area contributed by atoms with E-state index in [1.54, 1.807) is 0 Å². The second kappa shape index (κ2) is 7.37. The Bertz CT molecular complexity index is 380. The first-order chi connectivity index (χ1) is 8.75. The fourth-order valence-corrected chi connectivity index (χ4v) is 2.95. The lowest BCUT2D eigenvalue weighted by Crippen LogP contribution is -2.20. The zero-order valence-electron chi connectivity index (χ0n) is 10.5. The predicted octanol–water partition coefficient (Wildman–Crippen LogP) is 4.36. The Morgan fingerprint density at radius 1 is 1.22 bits per heavy atom. The molecule has 1 heterocycles. The third kappa shape index (κ3) is 4.45. The summed E-state index contributed by atoms with van der Waals surface area (Å²) < 4.78 is 6.67. The van der Waals surface area contributed by atoms with Crippen molar-refractivity contribution < 1.29 is 4.74 Å². The van der Waals surface area contributed by atoms with Crippen LogP contribution in [0.1, 0.15) is 25.7 Å². The number of nitrogens with zero attached hydrogens (tertiary/aromatic N) is 1. The number of benzene rings is 1. The van der Waals surface area contributed by atoms with Crippen LogP contribution in [0.15, 0.2) is 22.7 Å². The molecule has 1 fully saturated rings. The van der Waals surface area contributed by atoms with E-state index in [1.165, 1.54) is 38.9 Å². The number of hydrogen-bond donors (Lipinski definition) is 0. The molecule has 0 unspecified atom stereocenters. The zero-order valence-corrected chi connectivity index (χ0v) is 12.8. The van der Waals surface area contributed by atoms with E-state index in [-0.39, 0.29) is 0 Å². The van der Waals surface area contributed by atoms with Gasteiger partial charge in [-0.1, -0.05) is 27.5 Å². The maximum atomic E-state index is 6.08. The fourth-order valence-electron chi connectivity index (χ4n) is 2.22. The van der Waals surface area contributed by atoms with Gasteiger partial charge in [-0.05, 0) is 63.5 Å². The van der Waals surface area contributed by atoms with E-state index in [4.69, 9.17) is 16.3 Å². The number of likely N-dealkylation sites (tertiary alicyclic amines) is 1. The molecule has 0 saturated carbocycles. The van der Waals surface area contributed by atoms with Crippen molar-refractivity contribution in [1.29, 1.82) is 0 Å². The highest BCUT2D eigenvalue weighted by Gasteiger charge is 2.10. The van der Waals surface area contributed by atoms with Gasteiger partial charge in [0, 0.05) is 4.47 Å². The molecule has 0 N–H and O–H groups in total. The van der Waals surface area contributed by atoms with Crippen LogP contribution in [0.3, 0.4) is 0 Å². The lowest BCUT2D eigenvalue weighted by Gasteiger charge is -2.14. The second-order valence-electron chi connectivity index (χ2n) is 4.68. The van der Waals surface area contributed by atoms with Gasteiger partial charge in [-0.25, -0.2) is 0 Å². The van der Waals surface area contributed by atoms with Gasteiger partial charge in [0.25, 0.3) is 0 Å². The fraction of sp³-hybridized carbons (Fsp3) is 0.571. The van der Waals surface area contributed by atoms with Crippen molar-refractivity contribution in [3.05, 3.63) is 27.7 Å². The normalized spacial score (nSPS) is 16.1. The smallest absolute Gasteiger partial charge is 0.137 e. The molecule has 0 radical (unpaired) electrons. The molecule has 1 saturated heterocycles. The summed E-state index contributed by atoms with van der Waals surface area (Å²) >= 11 is 9.46. The Kier molecular flexibility index (Phi) is 5.80. The summed E-state index contributed by atoms with van der Waals surface area (Å²) in [5.74, 6) is 0.779. The molecule has 4 heteroatoms. The van der Waals surface area contributed by atoms with Crippen LogP contribution in [0.25, 0.3) is 0 Å². The summed E-state index contributed by atoms with van der Waals surface area (Å²) in [7, 11) is 0. The molecule has 0 bridgehead atoms. The van der Waals surface area contributed by atoms with E-state index < -0.39 is 0 Å². The summed E-state index contributed by atoms with van der Waals surface area (Å²) in [5, 5.41) is 0.670. The number of unbranched alkanes of at least 4 members (excludes halogenated alkanes) is 1. The number of halogens is 2. The average molecular weight is 333 g/mol. The van der Waals surface area contributed by atoms with E-state index in [2.05, 4.69) is 20.8 Å². The molecular weight excluding hydrogens is 314 g/mol. The standard InChI is InChI=1S/C14H19BrClNO/c15-12-5-6-14(13(16)11-12)18-10-4-3-9-17-7-1-2-8-17/h5-6,11H,1-4,7-10H2. The van der Waals surface area contributed by atoms with Gasteiger partial charge in [-0.3, -0.25) is 0 Å². The largest absolute Gasteiger partial charge is 0.492 e. The quantitative estimate of drug-likeness (QED) is 0.718. The first-order valence-electron chi connectivity index (χ1n) is 6.56. The minimum atomic E-state index is 0.670. The lowest BCUT2D eigenvalue weighted by atomic mass is 10.3. The van der Waals surface area contributed by atoms with Gasteiger partial charge >= 0.3 is 0 Å². The molecule has 100 valence electrons. The highest BCUT2D eigenvalue weighted by atomic mass is 79.9. The number of ether oxygens (including phenoxy) is 1. The van der Waals surface area contributed by atoms with E-state index in [1.807, 2.05) is 18.2 Å². The van der Waals surface area contributed by atoms with Crippen LogP contribution in [-0.4, -0.2) is 31.1 Å². The summed E-state index contributed by atoms with van der Waals surface area (Å²) in [6.45, 7) is 4.51. The number of rotatable bonds is 6. The van der Waals surface area contributed by atoms with Crippen LogP contribution in [-0.2, 0) is 0 Å². The maximum absolute atomic E-state index is 6.08. The molecule has 1 aromatic rings. The van der Waals surface area contributed by atoms with Gasteiger partial charge in [0.1, 0.15) is 5.75 Å². The second-order valence-corrected chi connectivity index (χ2v) is 6.00. The Labute approximate surface area is 122 Å². The molecule has 2 nitrogen and oxygen atoms in total. The third-order valence-corrected chi connectivity index (χ3v) is 4.01. The van der Waals surface area contributed by atoms with Crippen LogP contribution in [0.4, 0.5) is 0 Å². The SMILES string of the molecule is Clc1cc(Br)ccc1OCCCCN1CCCC1. The minimum Gasteiger partial charge on any atom is -0.492 e. The van der Waals surface area contributed by atoms with Crippen LogP contribution in [0.2, 0.25) is 5.02 Å². The van der Waals surface area contributed by atoms with Crippen molar-refractivity contribution in [2.45, 2.75) is 25.7 Å². The Morgan fingerprint density at radius 2 is 2.00 bits per heavy atom. The molecule has 0 aromatic heterocycles. The Hall–Kier alpha value is -0.250. The molecule has 1 aliphatic rings. The van der Waals surface area contributed by atoms with Crippen molar-refractivity contribution in [3.8, 4) is 5.75 Å². The summed E-state index contributed by atoms with van der Waals surface area (Å²) in [6, 6.07) is 5.72. The first kappa shape index (κ1) is 14.2. The van der Waals surface area contributed by atoms with Gasteiger partial charge in [0.15, 0.2) is 0 Å². The molecule has 0 amide bonds. The molecule has 2 rings (SSSR count). The highest BCUT2D eigenvalue weighted by Crippen LogP contribution is 2.27. The first-order valence-corrected chi connectivity index (χ1v) is 7.73. The summed E-state index contributed by atoms with van der Waals surface area (Å²) in [5.41, 5.74) is 0. The lowest BCUT2D eigenvalue weighted by molar-refractivity contribution is 0.280. The van der Waals surface area contributed by atoms with Crippen molar-refractivity contribution in [1.82, 2.24) is 4.90 Å². The van der Waals surface area contributed by atoms with Crippen LogP contribution in [0, 0.1) is 0 Å². The van der Waals surface area contributed by atoms with Crippen LogP contribution >= 0.6 is 27.5 Å². The van der Waals surface area contributed by atoms with Crippen molar-refractivity contribution in [2.75, 3.05) is 26.2 Å². The molecular formula is C14H19BrClNO. The Morgan fingerprint density at radius 3 is 2.72 bits per heavy atom. The molecule has 0 atom stereocenters. The van der Waals surface area contributed by atoms with E-state index in [0.29, 0.717) is 5.02 Å². The molecule has 0 spiro atoms. The van der Waals surface area contributed by atoms with E-state index >= 15 is 0 Å². The topological polar surface area (TPSA) is 12.5 Å². The Balaban J connectivity index is 1.62. The van der Waals surface area contributed by atoms with Crippen molar-refractivity contribution in [3.63, 3.8) is 0 Å². The van der Waals surface area contributed by atoms with E-state index in [0.717, 1.165) is 23.2 Å². The van der Waals surface area contributed by atoms with Gasteiger partial charge in [-0.15, -0.1) is 0 Å². The van der Waals surface area contributed by atoms with Gasteiger partial charge in [0.2, 0.25) is 0 Å². The monoisotopic (exact) mass is 331 g/mol. The molecule has 1 aromatic carbocycles. The van der Waals surface area contributed by atoms with Crippen LogP contribution in [0.5, 0.6) is 5.75 Å². The summed E-state index contributed by atoms with van der Waals surface area (Å²) in [4.78, 5) is 2.53. The minimum absolute atomic E-state index is 0.670. The number of hydrogen-bond acceptors (Lipinski definition) is 2. The highest BCUT2D eigenvalue weighted by molar-refractivity contribution is 9.10. The van der Waals surface area contributed by atoms with E-state index in [9.17, 15) is 0 Å². The van der Waals surface area contributed by atoms with Gasteiger partial charge in [-0.2, -0.15) is 0 Å². The maximum Gasteiger partial charge on any atom is 0.137 e. The molecule has 0 aliphatic carbocycles. The van der Waals surface area contributed by atoms with Gasteiger partial charge in [0.05, 0.1) is 11.6 Å². The third-order valence-electron chi connectivity index (χ3n) is 3.22. The molecule has 1 aliphatic heterocycles. The zero-order chi connectivity index (χ0) is 12.8. The average Bonchev–Trinajstić information content (AvgIpc) is 2.84. The predicted molar refractivity (Wildman–Crippen MR) is 79.6 cm³/mol. The van der Waals surface area contributed by atoms with Crippen LogP contribution < -0.4 is 4.74 Å². The van der Waals surface area contributed by atoms with Crippen molar-refractivity contribution in [2.24, 2.45) is 0 Å².